The van der Waals surface area contributed by atoms with Crippen LogP contribution >= 0.6 is 0 Å². The summed E-state index contributed by atoms with van der Waals surface area (Å²) in [4.78, 5) is 26.0. The Morgan fingerprint density at radius 3 is 2.59 bits per heavy atom. The lowest BCUT2D eigenvalue weighted by Crippen LogP contribution is -2.44. The van der Waals surface area contributed by atoms with Gasteiger partial charge in [-0.15, -0.1) is 0 Å². The predicted molar refractivity (Wildman–Crippen MR) is 123 cm³/mol. The van der Waals surface area contributed by atoms with Gasteiger partial charge in [0.05, 0.1) is 31.0 Å². The van der Waals surface area contributed by atoms with Crippen LogP contribution in [0.5, 0.6) is 0 Å². The summed E-state index contributed by atoms with van der Waals surface area (Å²) in [6.45, 7) is 6.11. The topological polar surface area (TPSA) is 88.1 Å². The summed E-state index contributed by atoms with van der Waals surface area (Å²) < 4.78 is 12.2. The first kappa shape index (κ1) is 24.5. The van der Waals surface area contributed by atoms with E-state index < -0.39 is 5.97 Å². The molecule has 2 unspecified atom stereocenters. The summed E-state index contributed by atoms with van der Waals surface area (Å²) in [5.74, 6) is -0.912. The number of unbranched alkanes of at least 4 members (excludes halogenated alkanes) is 1. The number of amides is 2. The van der Waals surface area contributed by atoms with Gasteiger partial charge >= 0.3 is 12.0 Å². The Morgan fingerprint density at radius 2 is 1.91 bits per heavy atom. The first-order valence-corrected chi connectivity index (χ1v) is 12.1. The van der Waals surface area contributed by atoms with Crippen LogP contribution in [0.4, 0.5) is 4.79 Å². The summed E-state index contributed by atoms with van der Waals surface area (Å²) in [6.07, 6.45) is 8.20. The van der Waals surface area contributed by atoms with Crippen LogP contribution in [-0.2, 0) is 16.1 Å². The molecule has 2 fully saturated rings. The largest absolute Gasteiger partial charge is 0.478 e. The second-order valence-electron chi connectivity index (χ2n) is 9.02. The molecule has 0 bridgehead atoms. The van der Waals surface area contributed by atoms with Gasteiger partial charge in [0.2, 0.25) is 0 Å². The molecule has 7 heteroatoms. The van der Waals surface area contributed by atoms with Crippen LogP contribution in [0.3, 0.4) is 0 Å². The molecule has 1 aromatic carbocycles. The van der Waals surface area contributed by atoms with E-state index in [0.29, 0.717) is 31.4 Å². The Bertz CT molecular complexity index is 765. The van der Waals surface area contributed by atoms with Crippen molar-refractivity contribution in [3.05, 3.63) is 34.9 Å². The number of carboxylic acids is 1. The number of carbonyl (C=O) groups is 2. The van der Waals surface area contributed by atoms with Gasteiger partial charge < -0.3 is 24.8 Å². The van der Waals surface area contributed by atoms with E-state index in [-0.39, 0.29) is 18.2 Å². The number of hydrogen-bond donors (Lipinski definition) is 2. The number of carbonyl (C=O) groups excluding carboxylic acids is 1. The van der Waals surface area contributed by atoms with Crippen LogP contribution < -0.4 is 5.32 Å². The molecular weight excluding hydrogens is 408 g/mol. The molecule has 0 aromatic heterocycles. The number of rotatable bonds is 12. The molecule has 2 aliphatic rings. The summed E-state index contributed by atoms with van der Waals surface area (Å²) in [6, 6.07) is 5.90. The predicted octanol–water partition coefficient (Wildman–Crippen LogP) is 4.51. The van der Waals surface area contributed by atoms with E-state index in [9.17, 15) is 14.7 Å². The molecule has 3 rings (SSSR count). The highest BCUT2D eigenvalue weighted by molar-refractivity contribution is 5.91. The first-order valence-electron chi connectivity index (χ1n) is 12.1. The van der Waals surface area contributed by atoms with E-state index in [1.54, 1.807) is 0 Å². The maximum Gasteiger partial charge on any atom is 0.336 e. The number of nitrogens with zero attached hydrogens (tertiary/aromatic N) is 1. The van der Waals surface area contributed by atoms with E-state index in [1.807, 2.05) is 30.0 Å². The molecule has 7 nitrogen and oxygen atoms in total. The second-order valence-corrected chi connectivity index (χ2v) is 9.02. The minimum atomic E-state index is -0.912. The van der Waals surface area contributed by atoms with Gasteiger partial charge in [-0.2, -0.15) is 0 Å². The van der Waals surface area contributed by atoms with Crippen molar-refractivity contribution < 1.29 is 24.2 Å². The molecule has 0 saturated heterocycles. The van der Waals surface area contributed by atoms with Crippen molar-refractivity contribution >= 4 is 12.0 Å². The highest BCUT2D eigenvalue weighted by Crippen LogP contribution is 2.28. The van der Waals surface area contributed by atoms with Crippen molar-refractivity contribution in [1.29, 1.82) is 0 Å². The Labute approximate surface area is 191 Å². The molecule has 2 saturated carbocycles. The number of urea groups is 1. The van der Waals surface area contributed by atoms with Gasteiger partial charge in [0, 0.05) is 19.1 Å². The Hall–Kier alpha value is -2.12. The van der Waals surface area contributed by atoms with Crippen LogP contribution in [0.2, 0.25) is 0 Å². The molecule has 178 valence electrons. The number of ether oxygens (including phenoxy) is 2. The Kier molecular flexibility index (Phi) is 9.36. The summed E-state index contributed by atoms with van der Waals surface area (Å²) in [5, 5.41) is 12.5. The summed E-state index contributed by atoms with van der Waals surface area (Å²) >= 11 is 0. The summed E-state index contributed by atoms with van der Waals surface area (Å²) in [7, 11) is 0. The second kappa shape index (κ2) is 12.2. The zero-order chi connectivity index (χ0) is 22.9. The van der Waals surface area contributed by atoms with Crippen LogP contribution in [0.15, 0.2) is 18.2 Å². The van der Waals surface area contributed by atoms with E-state index in [0.717, 1.165) is 69.0 Å². The lowest BCUT2D eigenvalue weighted by molar-refractivity contribution is -0.0526. The molecule has 0 radical (unpaired) electrons. The van der Waals surface area contributed by atoms with Crippen LogP contribution in [0.1, 0.15) is 79.8 Å². The minimum absolute atomic E-state index is 0.0294. The molecule has 32 heavy (non-hydrogen) atoms. The van der Waals surface area contributed by atoms with Gasteiger partial charge in [-0.1, -0.05) is 31.5 Å². The number of carboxylic acid groups (broad SMARTS) is 1. The van der Waals surface area contributed by atoms with E-state index >= 15 is 0 Å². The zero-order valence-electron chi connectivity index (χ0n) is 19.5. The number of benzene rings is 1. The normalized spacial score (nSPS) is 20.7. The van der Waals surface area contributed by atoms with Crippen LogP contribution in [0.25, 0.3) is 0 Å². The first-order chi connectivity index (χ1) is 15.5. The highest BCUT2D eigenvalue weighted by Gasteiger charge is 2.32. The monoisotopic (exact) mass is 446 g/mol. The average Bonchev–Trinajstić information content (AvgIpc) is 3.60. The van der Waals surface area contributed by atoms with Crippen molar-refractivity contribution in [1.82, 2.24) is 10.2 Å². The Balaban J connectivity index is 1.43. The molecular formula is C25H38N2O5. The lowest BCUT2D eigenvalue weighted by atomic mass is 9.94. The van der Waals surface area contributed by atoms with Gasteiger partial charge in [-0.3, -0.25) is 0 Å². The van der Waals surface area contributed by atoms with Crippen molar-refractivity contribution in [2.45, 2.75) is 90.1 Å². The smallest absolute Gasteiger partial charge is 0.336 e. The molecule has 0 heterocycles. The van der Waals surface area contributed by atoms with E-state index in [1.165, 1.54) is 0 Å². The molecule has 2 N–H and O–H groups in total. The van der Waals surface area contributed by atoms with Gasteiger partial charge in [-0.25, -0.2) is 9.59 Å². The molecule has 1 aromatic rings. The highest BCUT2D eigenvalue weighted by atomic mass is 16.5. The van der Waals surface area contributed by atoms with Crippen LogP contribution in [-0.4, -0.2) is 60.0 Å². The maximum atomic E-state index is 12.5. The van der Waals surface area contributed by atoms with Crippen molar-refractivity contribution in [2.75, 3.05) is 19.7 Å². The number of aromatic carboxylic acids is 1. The average molecular weight is 447 g/mol. The SMILES string of the molecule is CCCCNC(=O)N(CCOC1CCCC(OCc2cccc(C)c2C(=O)O)C1)C1CC1. The zero-order valence-corrected chi connectivity index (χ0v) is 19.5. The van der Waals surface area contributed by atoms with Gasteiger partial charge in [0.15, 0.2) is 0 Å². The van der Waals surface area contributed by atoms with Crippen molar-refractivity contribution in [3.8, 4) is 0 Å². The third-order valence-electron chi connectivity index (χ3n) is 6.37. The molecule has 2 atom stereocenters. The fourth-order valence-corrected chi connectivity index (χ4v) is 4.39. The minimum Gasteiger partial charge on any atom is -0.478 e. The van der Waals surface area contributed by atoms with Gasteiger partial charge in [0.25, 0.3) is 0 Å². The fraction of sp³-hybridized carbons (Fsp3) is 0.680. The van der Waals surface area contributed by atoms with Crippen molar-refractivity contribution in [2.24, 2.45) is 0 Å². The quantitative estimate of drug-likeness (QED) is 0.461. The molecule has 0 aliphatic heterocycles. The van der Waals surface area contributed by atoms with E-state index in [4.69, 9.17) is 9.47 Å². The fourth-order valence-electron chi connectivity index (χ4n) is 4.39. The van der Waals surface area contributed by atoms with E-state index in [2.05, 4.69) is 12.2 Å². The van der Waals surface area contributed by atoms with Crippen LogP contribution in [0, 0.1) is 6.92 Å². The molecule has 2 amide bonds. The van der Waals surface area contributed by atoms with Gasteiger partial charge in [-0.05, 0) is 63.0 Å². The third kappa shape index (κ3) is 7.20. The van der Waals surface area contributed by atoms with Gasteiger partial charge in [0.1, 0.15) is 0 Å². The maximum absolute atomic E-state index is 12.5. The molecule has 2 aliphatic carbocycles. The summed E-state index contributed by atoms with van der Waals surface area (Å²) in [5.41, 5.74) is 1.81. The van der Waals surface area contributed by atoms with Crippen molar-refractivity contribution in [3.63, 3.8) is 0 Å². The Morgan fingerprint density at radius 1 is 1.16 bits per heavy atom. The standard InChI is InChI=1S/C25H38N2O5/c1-3-4-13-26-25(30)27(20-11-12-20)14-15-31-21-9-6-10-22(16-21)32-17-19-8-5-7-18(2)23(19)24(28)29/h5,7-8,20-22H,3-4,6,9-17H2,1-2H3,(H,26,30)(H,28,29). The number of hydrogen-bond acceptors (Lipinski definition) is 4. The number of nitrogens with one attached hydrogen (secondary N) is 1. The number of aryl methyl sites for hydroxylation is 1. The lowest BCUT2D eigenvalue weighted by Gasteiger charge is -2.30. The molecule has 0 spiro atoms. The third-order valence-corrected chi connectivity index (χ3v) is 6.37.